The van der Waals surface area contributed by atoms with Crippen molar-refractivity contribution >= 4 is 29.1 Å². The molecular formula is C20H26ClN3O2. The number of nitrogens with zero attached hydrogens (tertiary/aromatic N) is 2. The quantitative estimate of drug-likeness (QED) is 0.864. The molecule has 0 atom stereocenters. The lowest BCUT2D eigenvalue weighted by atomic mass is 9.77. The van der Waals surface area contributed by atoms with Crippen molar-refractivity contribution in [3.8, 4) is 0 Å². The molecule has 2 amide bonds. The summed E-state index contributed by atoms with van der Waals surface area (Å²) in [6.45, 7) is 4.22. The monoisotopic (exact) mass is 375 g/mol. The van der Waals surface area contributed by atoms with Crippen molar-refractivity contribution in [1.82, 2.24) is 10.2 Å². The molecule has 1 aromatic rings. The summed E-state index contributed by atoms with van der Waals surface area (Å²) in [5.41, 5.74) is 1.75. The molecule has 0 aromatic heterocycles. The number of anilines is 1. The van der Waals surface area contributed by atoms with Crippen molar-refractivity contribution in [2.24, 2.45) is 5.41 Å². The van der Waals surface area contributed by atoms with Gasteiger partial charge in [-0.2, -0.15) is 0 Å². The van der Waals surface area contributed by atoms with Crippen LogP contribution in [0.2, 0.25) is 5.02 Å². The zero-order valence-corrected chi connectivity index (χ0v) is 15.9. The minimum absolute atomic E-state index is 0.0148. The van der Waals surface area contributed by atoms with Crippen LogP contribution in [0, 0.1) is 5.41 Å². The van der Waals surface area contributed by atoms with Gasteiger partial charge in [-0.25, -0.2) is 0 Å². The minimum atomic E-state index is 0.0148. The van der Waals surface area contributed by atoms with Gasteiger partial charge in [0, 0.05) is 44.8 Å². The topological polar surface area (TPSA) is 52.7 Å². The Morgan fingerprint density at radius 1 is 1.08 bits per heavy atom. The summed E-state index contributed by atoms with van der Waals surface area (Å²) < 4.78 is 0. The predicted octanol–water partition coefficient (Wildman–Crippen LogP) is 3.07. The molecule has 3 fully saturated rings. The molecule has 0 aliphatic carbocycles. The van der Waals surface area contributed by atoms with Crippen LogP contribution in [0.15, 0.2) is 18.2 Å². The van der Waals surface area contributed by atoms with Crippen LogP contribution >= 0.6 is 11.6 Å². The van der Waals surface area contributed by atoms with E-state index in [4.69, 9.17) is 11.6 Å². The fourth-order valence-electron chi connectivity index (χ4n) is 4.49. The number of likely N-dealkylation sites (tertiary alicyclic amines) is 1. The lowest BCUT2D eigenvalue weighted by Crippen LogP contribution is -2.44. The van der Waals surface area contributed by atoms with Gasteiger partial charge in [-0.15, -0.1) is 0 Å². The molecule has 5 nitrogen and oxygen atoms in total. The molecule has 0 saturated carbocycles. The molecule has 3 heterocycles. The first-order valence-electron chi connectivity index (χ1n) is 9.67. The molecule has 3 aliphatic rings. The highest BCUT2D eigenvalue weighted by Crippen LogP contribution is 2.38. The van der Waals surface area contributed by atoms with E-state index in [1.165, 1.54) is 19.3 Å². The summed E-state index contributed by atoms with van der Waals surface area (Å²) in [6, 6.07) is 5.83. The lowest BCUT2D eigenvalue weighted by molar-refractivity contribution is -0.119. The third-order valence-electron chi connectivity index (χ3n) is 6.21. The summed E-state index contributed by atoms with van der Waals surface area (Å²) in [6.07, 6.45) is 6.03. The van der Waals surface area contributed by atoms with Gasteiger partial charge in [0.05, 0.1) is 10.6 Å². The predicted molar refractivity (Wildman–Crippen MR) is 103 cm³/mol. The van der Waals surface area contributed by atoms with Crippen LogP contribution in [-0.2, 0) is 4.79 Å². The molecule has 1 N–H and O–H groups in total. The molecule has 4 rings (SSSR count). The standard InChI is InChI=1S/C20H26ClN3O2/c21-17-5-4-15(23-8-2-1-3-9-23)12-16(17)19(26)24-10-6-20(7-11-24)13-18(25)22-14-20/h4-5,12H,1-3,6-11,13-14H2,(H,22,25). The lowest BCUT2D eigenvalue weighted by Gasteiger charge is -2.38. The van der Waals surface area contributed by atoms with E-state index >= 15 is 0 Å². The molecule has 6 heteroatoms. The molecule has 1 aromatic carbocycles. The molecule has 0 radical (unpaired) electrons. The van der Waals surface area contributed by atoms with Gasteiger partial charge < -0.3 is 15.1 Å². The Bertz CT molecular complexity index is 707. The summed E-state index contributed by atoms with van der Waals surface area (Å²) >= 11 is 6.37. The minimum Gasteiger partial charge on any atom is -0.372 e. The van der Waals surface area contributed by atoms with Crippen LogP contribution < -0.4 is 10.2 Å². The summed E-state index contributed by atoms with van der Waals surface area (Å²) in [5.74, 6) is 0.156. The van der Waals surface area contributed by atoms with E-state index in [9.17, 15) is 9.59 Å². The maximum Gasteiger partial charge on any atom is 0.255 e. The summed E-state index contributed by atoms with van der Waals surface area (Å²) in [4.78, 5) is 28.9. The van der Waals surface area contributed by atoms with E-state index in [0.717, 1.165) is 38.2 Å². The largest absolute Gasteiger partial charge is 0.372 e. The van der Waals surface area contributed by atoms with Crippen molar-refractivity contribution in [3.63, 3.8) is 0 Å². The molecule has 3 aliphatic heterocycles. The molecule has 0 bridgehead atoms. The highest BCUT2D eigenvalue weighted by atomic mass is 35.5. The van der Waals surface area contributed by atoms with E-state index in [0.29, 0.717) is 30.1 Å². The number of benzene rings is 1. The molecule has 26 heavy (non-hydrogen) atoms. The van der Waals surface area contributed by atoms with Gasteiger partial charge in [0.25, 0.3) is 5.91 Å². The number of hydrogen-bond acceptors (Lipinski definition) is 3. The van der Waals surface area contributed by atoms with Gasteiger partial charge in [-0.1, -0.05) is 11.6 Å². The third kappa shape index (κ3) is 3.41. The maximum absolute atomic E-state index is 13.1. The van der Waals surface area contributed by atoms with Crippen LogP contribution in [0.1, 0.15) is 48.9 Å². The van der Waals surface area contributed by atoms with E-state index in [1.807, 2.05) is 23.1 Å². The average Bonchev–Trinajstić information content (AvgIpc) is 3.03. The number of hydrogen-bond donors (Lipinski definition) is 1. The number of nitrogens with one attached hydrogen (secondary N) is 1. The molecular weight excluding hydrogens is 350 g/mol. The van der Waals surface area contributed by atoms with Gasteiger partial charge >= 0.3 is 0 Å². The second-order valence-corrected chi connectivity index (χ2v) is 8.36. The van der Waals surface area contributed by atoms with Crippen LogP contribution in [-0.4, -0.2) is 49.4 Å². The Morgan fingerprint density at radius 3 is 2.46 bits per heavy atom. The van der Waals surface area contributed by atoms with E-state index in [-0.39, 0.29) is 17.2 Å². The Labute approximate surface area is 159 Å². The van der Waals surface area contributed by atoms with E-state index in [2.05, 4.69) is 10.2 Å². The number of amides is 2. The second kappa shape index (κ2) is 7.10. The van der Waals surface area contributed by atoms with Crippen molar-refractivity contribution in [3.05, 3.63) is 28.8 Å². The van der Waals surface area contributed by atoms with Crippen LogP contribution in [0.5, 0.6) is 0 Å². The maximum atomic E-state index is 13.1. The highest BCUT2D eigenvalue weighted by molar-refractivity contribution is 6.34. The highest BCUT2D eigenvalue weighted by Gasteiger charge is 2.41. The zero-order chi connectivity index (χ0) is 18.1. The number of carbonyl (C=O) groups excluding carboxylic acids is 2. The molecule has 3 saturated heterocycles. The Balaban J connectivity index is 1.47. The van der Waals surface area contributed by atoms with Crippen molar-refractivity contribution in [2.75, 3.05) is 37.6 Å². The van der Waals surface area contributed by atoms with Gasteiger partial charge in [0.1, 0.15) is 0 Å². The number of piperidine rings is 2. The first-order valence-corrected chi connectivity index (χ1v) is 10.0. The first kappa shape index (κ1) is 17.7. The van der Waals surface area contributed by atoms with Crippen molar-refractivity contribution in [1.29, 1.82) is 0 Å². The van der Waals surface area contributed by atoms with E-state index < -0.39 is 0 Å². The van der Waals surface area contributed by atoms with Crippen LogP contribution in [0.3, 0.4) is 0 Å². The van der Waals surface area contributed by atoms with Crippen molar-refractivity contribution < 1.29 is 9.59 Å². The Kier molecular flexibility index (Phi) is 4.82. The van der Waals surface area contributed by atoms with Crippen LogP contribution in [0.25, 0.3) is 0 Å². The Hall–Kier alpha value is -1.75. The third-order valence-corrected chi connectivity index (χ3v) is 6.54. The van der Waals surface area contributed by atoms with Gasteiger partial charge in [0.2, 0.25) is 5.91 Å². The van der Waals surface area contributed by atoms with E-state index in [1.54, 1.807) is 0 Å². The summed E-state index contributed by atoms with van der Waals surface area (Å²) in [5, 5.41) is 3.46. The second-order valence-electron chi connectivity index (χ2n) is 7.96. The molecule has 1 spiro atoms. The number of carbonyl (C=O) groups is 2. The summed E-state index contributed by atoms with van der Waals surface area (Å²) in [7, 11) is 0. The normalized spacial score (nSPS) is 22.6. The fraction of sp³-hybridized carbons (Fsp3) is 0.600. The van der Waals surface area contributed by atoms with Gasteiger partial charge in [0.15, 0.2) is 0 Å². The zero-order valence-electron chi connectivity index (χ0n) is 15.1. The average molecular weight is 376 g/mol. The van der Waals surface area contributed by atoms with Crippen molar-refractivity contribution in [2.45, 2.75) is 38.5 Å². The number of halogens is 1. The fourth-order valence-corrected chi connectivity index (χ4v) is 4.68. The SMILES string of the molecule is O=C1CC2(CCN(C(=O)c3cc(N4CCCCC4)ccc3Cl)CC2)CN1. The van der Waals surface area contributed by atoms with Gasteiger partial charge in [-0.05, 0) is 55.7 Å². The van der Waals surface area contributed by atoms with Gasteiger partial charge in [-0.3, -0.25) is 9.59 Å². The first-order chi connectivity index (χ1) is 12.6. The molecule has 0 unspecified atom stereocenters. The van der Waals surface area contributed by atoms with Crippen LogP contribution in [0.4, 0.5) is 5.69 Å². The Morgan fingerprint density at radius 2 is 1.81 bits per heavy atom. The smallest absolute Gasteiger partial charge is 0.255 e. The molecule has 140 valence electrons. The number of rotatable bonds is 2.